The standard InChI is InChI=1S/C10H19NO2/c1-3-13-10(12)8-11-6-4-5-9(2)7-11/h9H,3-8H2,1-2H3/t9-/m1/s1. The van der Waals surface area contributed by atoms with Crippen LogP contribution >= 0.6 is 0 Å². The van der Waals surface area contributed by atoms with Crippen molar-refractivity contribution < 1.29 is 9.53 Å². The highest BCUT2D eigenvalue weighted by molar-refractivity contribution is 5.71. The quantitative estimate of drug-likeness (QED) is 0.620. The molecule has 0 aromatic carbocycles. The fourth-order valence-corrected chi connectivity index (χ4v) is 1.82. The Bertz CT molecular complexity index is 170. The fourth-order valence-electron chi connectivity index (χ4n) is 1.82. The molecule has 1 heterocycles. The zero-order valence-corrected chi connectivity index (χ0v) is 8.58. The van der Waals surface area contributed by atoms with Crippen molar-refractivity contribution in [1.82, 2.24) is 4.90 Å². The maximum absolute atomic E-state index is 11.2. The highest BCUT2D eigenvalue weighted by Crippen LogP contribution is 2.14. The molecule has 0 aliphatic carbocycles. The summed E-state index contributed by atoms with van der Waals surface area (Å²) >= 11 is 0. The molecule has 0 aromatic rings. The summed E-state index contributed by atoms with van der Waals surface area (Å²) in [5, 5.41) is 0. The molecule has 1 saturated heterocycles. The molecular formula is C10H19NO2. The monoisotopic (exact) mass is 185 g/mol. The Balaban J connectivity index is 2.23. The van der Waals surface area contributed by atoms with Crippen LogP contribution in [-0.2, 0) is 9.53 Å². The molecule has 0 spiro atoms. The van der Waals surface area contributed by atoms with Gasteiger partial charge in [0.25, 0.3) is 0 Å². The van der Waals surface area contributed by atoms with Gasteiger partial charge in [-0.15, -0.1) is 0 Å². The summed E-state index contributed by atoms with van der Waals surface area (Å²) in [6.07, 6.45) is 2.50. The molecule has 0 amide bonds. The van der Waals surface area contributed by atoms with Crippen molar-refractivity contribution >= 4 is 5.97 Å². The summed E-state index contributed by atoms with van der Waals surface area (Å²) in [5.74, 6) is 0.639. The minimum absolute atomic E-state index is 0.0865. The Morgan fingerprint density at radius 3 is 3.00 bits per heavy atom. The molecule has 0 radical (unpaired) electrons. The van der Waals surface area contributed by atoms with E-state index in [9.17, 15) is 4.79 Å². The SMILES string of the molecule is CCOC(=O)CN1CCC[C@@H](C)C1. The Kier molecular flexibility index (Phi) is 4.22. The van der Waals surface area contributed by atoms with Crippen molar-refractivity contribution in [1.29, 1.82) is 0 Å². The van der Waals surface area contributed by atoms with Crippen LogP contribution < -0.4 is 0 Å². The molecule has 3 nitrogen and oxygen atoms in total. The van der Waals surface area contributed by atoms with Gasteiger partial charge in [0.2, 0.25) is 0 Å². The second kappa shape index (κ2) is 5.22. The lowest BCUT2D eigenvalue weighted by atomic mass is 10.0. The predicted molar refractivity (Wildman–Crippen MR) is 51.5 cm³/mol. The van der Waals surface area contributed by atoms with Crippen molar-refractivity contribution in [2.24, 2.45) is 5.92 Å². The van der Waals surface area contributed by atoms with Crippen molar-refractivity contribution in [3.05, 3.63) is 0 Å². The highest BCUT2D eigenvalue weighted by atomic mass is 16.5. The van der Waals surface area contributed by atoms with E-state index in [1.165, 1.54) is 12.8 Å². The van der Waals surface area contributed by atoms with Crippen LogP contribution in [0.1, 0.15) is 26.7 Å². The molecule has 0 N–H and O–H groups in total. The van der Waals surface area contributed by atoms with E-state index in [0.717, 1.165) is 19.0 Å². The summed E-state index contributed by atoms with van der Waals surface area (Å²) in [6.45, 7) is 7.12. The van der Waals surface area contributed by atoms with Gasteiger partial charge in [-0.2, -0.15) is 0 Å². The summed E-state index contributed by atoms with van der Waals surface area (Å²) in [5.41, 5.74) is 0. The maximum Gasteiger partial charge on any atom is 0.320 e. The summed E-state index contributed by atoms with van der Waals surface area (Å²) in [7, 11) is 0. The van der Waals surface area contributed by atoms with Gasteiger partial charge in [0.15, 0.2) is 0 Å². The van der Waals surface area contributed by atoms with Gasteiger partial charge in [0.1, 0.15) is 0 Å². The molecule has 0 saturated carbocycles. The molecule has 76 valence electrons. The van der Waals surface area contributed by atoms with Crippen LogP contribution in [0.4, 0.5) is 0 Å². The molecule has 1 fully saturated rings. The van der Waals surface area contributed by atoms with Crippen LogP contribution in [0.25, 0.3) is 0 Å². The number of carbonyl (C=O) groups excluding carboxylic acids is 1. The maximum atomic E-state index is 11.2. The first-order chi connectivity index (χ1) is 6.22. The topological polar surface area (TPSA) is 29.5 Å². The van der Waals surface area contributed by atoms with Gasteiger partial charge in [0, 0.05) is 6.54 Å². The van der Waals surface area contributed by atoms with Crippen molar-refractivity contribution in [2.75, 3.05) is 26.2 Å². The fraction of sp³-hybridized carbons (Fsp3) is 0.900. The summed E-state index contributed by atoms with van der Waals surface area (Å²) in [6, 6.07) is 0. The molecule has 1 aliphatic rings. The number of rotatable bonds is 3. The first kappa shape index (κ1) is 10.5. The zero-order chi connectivity index (χ0) is 9.68. The number of ether oxygens (including phenoxy) is 1. The van der Waals surface area contributed by atoms with E-state index in [0.29, 0.717) is 13.2 Å². The van der Waals surface area contributed by atoms with Gasteiger partial charge in [-0.05, 0) is 32.2 Å². The molecule has 0 bridgehead atoms. The lowest BCUT2D eigenvalue weighted by molar-refractivity contribution is -0.144. The normalized spacial score (nSPS) is 24.3. The van der Waals surface area contributed by atoms with Gasteiger partial charge in [0.05, 0.1) is 13.2 Å². The predicted octanol–water partition coefficient (Wildman–Crippen LogP) is 1.28. The Hall–Kier alpha value is -0.570. The molecule has 0 unspecified atom stereocenters. The molecule has 13 heavy (non-hydrogen) atoms. The van der Waals surface area contributed by atoms with Crippen LogP contribution in [-0.4, -0.2) is 37.1 Å². The molecule has 1 rings (SSSR count). The highest BCUT2D eigenvalue weighted by Gasteiger charge is 2.18. The zero-order valence-electron chi connectivity index (χ0n) is 8.58. The van der Waals surface area contributed by atoms with Crippen molar-refractivity contribution in [2.45, 2.75) is 26.7 Å². The van der Waals surface area contributed by atoms with Crippen molar-refractivity contribution in [3.8, 4) is 0 Å². The number of hydrogen-bond acceptors (Lipinski definition) is 3. The number of likely N-dealkylation sites (tertiary alicyclic amines) is 1. The lowest BCUT2D eigenvalue weighted by Crippen LogP contribution is -2.38. The van der Waals surface area contributed by atoms with E-state index in [2.05, 4.69) is 11.8 Å². The van der Waals surface area contributed by atoms with Gasteiger partial charge >= 0.3 is 5.97 Å². The smallest absolute Gasteiger partial charge is 0.320 e. The van der Waals surface area contributed by atoms with Crippen LogP contribution in [0.3, 0.4) is 0 Å². The van der Waals surface area contributed by atoms with Crippen LogP contribution in [0.15, 0.2) is 0 Å². The summed E-state index contributed by atoms with van der Waals surface area (Å²) in [4.78, 5) is 13.3. The first-order valence-corrected chi connectivity index (χ1v) is 5.10. The number of hydrogen-bond donors (Lipinski definition) is 0. The Morgan fingerprint density at radius 1 is 1.62 bits per heavy atom. The second-order valence-electron chi connectivity index (χ2n) is 3.79. The average Bonchev–Trinajstić information content (AvgIpc) is 2.04. The number of esters is 1. The lowest BCUT2D eigenvalue weighted by Gasteiger charge is -2.29. The van der Waals surface area contributed by atoms with E-state index in [-0.39, 0.29) is 5.97 Å². The third-order valence-electron chi connectivity index (χ3n) is 2.40. The third-order valence-corrected chi connectivity index (χ3v) is 2.40. The Morgan fingerprint density at radius 2 is 2.38 bits per heavy atom. The molecule has 1 atom stereocenters. The van der Waals surface area contributed by atoms with E-state index in [4.69, 9.17) is 4.74 Å². The number of nitrogens with zero attached hydrogens (tertiary/aromatic N) is 1. The minimum atomic E-state index is -0.0865. The Labute approximate surface area is 80.1 Å². The van der Waals surface area contributed by atoms with E-state index in [1.807, 2.05) is 6.92 Å². The van der Waals surface area contributed by atoms with E-state index >= 15 is 0 Å². The molecule has 1 aliphatic heterocycles. The van der Waals surface area contributed by atoms with Gasteiger partial charge in [-0.3, -0.25) is 9.69 Å². The number of piperidine rings is 1. The molecular weight excluding hydrogens is 166 g/mol. The van der Waals surface area contributed by atoms with Crippen LogP contribution in [0.2, 0.25) is 0 Å². The number of carbonyl (C=O) groups is 1. The van der Waals surface area contributed by atoms with Gasteiger partial charge < -0.3 is 4.74 Å². The molecule has 3 heteroatoms. The van der Waals surface area contributed by atoms with Crippen molar-refractivity contribution in [3.63, 3.8) is 0 Å². The van der Waals surface area contributed by atoms with Gasteiger partial charge in [-0.1, -0.05) is 6.92 Å². The largest absolute Gasteiger partial charge is 0.465 e. The molecule has 0 aromatic heterocycles. The average molecular weight is 185 g/mol. The van der Waals surface area contributed by atoms with Crippen LogP contribution in [0, 0.1) is 5.92 Å². The van der Waals surface area contributed by atoms with Crippen LogP contribution in [0.5, 0.6) is 0 Å². The third kappa shape index (κ3) is 3.77. The summed E-state index contributed by atoms with van der Waals surface area (Å²) < 4.78 is 4.90. The van der Waals surface area contributed by atoms with E-state index < -0.39 is 0 Å². The first-order valence-electron chi connectivity index (χ1n) is 5.10. The second-order valence-corrected chi connectivity index (χ2v) is 3.79. The minimum Gasteiger partial charge on any atom is -0.465 e. The van der Waals surface area contributed by atoms with E-state index in [1.54, 1.807) is 0 Å². The van der Waals surface area contributed by atoms with Gasteiger partial charge in [-0.25, -0.2) is 0 Å².